The van der Waals surface area contributed by atoms with Gasteiger partial charge in [-0.05, 0) is 38.8 Å². The number of carbonyl (C=O) groups excluding carboxylic acids is 1. The van der Waals surface area contributed by atoms with Crippen LogP contribution in [0, 0.1) is 6.57 Å². The summed E-state index contributed by atoms with van der Waals surface area (Å²) in [7, 11) is 0. The summed E-state index contributed by atoms with van der Waals surface area (Å²) in [4.78, 5) is 15.8. The van der Waals surface area contributed by atoms with Crippen LogP contribution in [0.3, 0.4) is 0 Å². The molecule has 1 amide bonds. The second-order valence-electron chi connectivity index (χ2n) is 3.86. The van der Waals surface area contributed by atoms with Gasteiger partial charge in [0.15, 0.2) is 0 Å². The lowest BCUT2D eigenvalue weighted by Gasteiger charge is -2.09. The number of nitrogens with one attached hydrogen (secondary N) is 1. The normalized spacial score (nSPS) is 19.3. The van der Waals surface area contributed by atoms with Crippen molar-refractivity contribution in [3.05, 3.63) is 11.4 Å². The van der Waals surface area contributed by atoms with Gasteiger partial charge < -0.3 is 15.1 Å². The minimum Gasteiger partial charge on any atom is -0.336 e. The van der Waals surface area contributed by atoms with E-state index in [1.165, 1.54) is 25.9 Å². The summed E-state index contributed by atoms with van der Waals surface area (Å²) in [5, 5.41) is 3.22. The van der Waals surface area contributed by atoms with E-state index in [-0.39, 0.29) is 12.5 Å². The van der Waals surface area contributed by atoms with Crippen LogP contribution in [0.1, 0.15) is 25.7 Å². The highest BCUT2D eigenvalue weighted by Gasteiger charge is 2.18. The van der Waals surface area contributed by atoms with E-state index in [0.717, 1.165) is 25.9 Å². The lowest BCUT2D eigenvalue weighted by atomic mass is 10.4. The van der Waals surface area contributed by atoms with Crippen molar-refractivity contribution < 1.29 is 4.79 Å². The van der Waals surface area contributed by atoms with Crippen molar-refractivity contribution in [2.45, 2.75) is 25.7 Å². The van der Waals surface area contributed by atoms with Gasteiger partial charge in [0.1, 0.15) is 0 Å². The predicted molar refractivity (Wildman–Crippen MR) is 59.4 cm³/mol. The first-order valence-corrected chi connectivity index (χ1v) is 5.66. The average molecular weight is 209 g/mol. The largest absolute Gasteiger partial charge is 0.336 e. The molecular formula is C11H19N3O. The first-order chi connectivity index (χ1) is 7.34. The molecule has 4 nitrogen and oxygen atoms in total. The van der Waals surface area contributed by atoms with Crippen LogP contribution in [-0.4, -0.2) is 43.5 Å². The monoisotopic (exact) mass is 209 g/mol. The first kappa shape index (κ1) is 12.0. The number of hydrogen-bond donors (Lipinski definition) is 1. The Labute approximate surface area is 91.5 Å². The number of amides is 1. The maximum absolute atomic E-state index is 11.0. The summed E-state index contributed by atoms with van der Waals surface area (Å²) in [5.41, 5.74) is 0. The minimum atomic E-state index is -0.00694. The third kappa shape index (κ3) is 4.80. The summed E-state index contributed by atoms with van der Waals surface area (Å²) in [6, 6.07) is 0. The molecule has 0 bridgehead atoms. The SMILES string of the molecule is C1CCNC1.[C-]#[N+]CC(=O)N1CCCC1. The highest BCUT2D eigenvalue weighted by Crippen LogP contribution is 2.06. The second kappa shape index (κ2) is 7.24. The second-order valence-corrected chi connectivity index (χ2v) is 3.86. The van der Waals surface area contributed by atoms with E-state index in [2.05, 4.69) is 10.2 Å². The van der Waals surface area contributed by atoms with Crippen molar-refractivity contribution in [3.63, 3.8) is 0 Å². The van der Waals surface area contributed by atoms with Crippen molar-refractivity contribution >= 4 is 5.91 Å². The molecular weight excluding hydrogens is 190 g/mol. The molecule has 0 atom stereocenters. The molecule has 0 unspecified atom stereocenters. The van der Waals surface area contributed by atoms with Gasteiger partial charge in [-0.2, -0.15) is 0 Å². The van der Waals surface area contributed by atoms with Gasteiger partial charge in [0, 0.05) is 13.1 Å². The van der Waals surface area contributed by atoms with Gasteiger partial charge in [0.25, 0.3) is 6.54 Å². The van der Waals surface area contributed by atoms with E-state index in [4.69, 9.17) is 6.57 Å². The first-order valence-electron chi connectivity index (χ1n) is 5.66. The summed E-state index contributed by atoms with van der Waals surface area (Å²) in [6.07, 6.45) is 4.98. The number of nitrogens with zero attached hydrogens (tertiary/aromatic N) is 2. The molecule has 0 spiro atoms. The molecule has 0 aromatic rings. The van der Waals surface area contributed by atoms with Gasteiger partial charge >= 0.3 is 5.91 Å². The van der Waals surface area contributed by atoms with E-state index in [0.29, 0.717) is 0 Å². The third-order valence-electron chi connectivity index (χ3n) is 2.63. The fourth-order valence-electron chi connectivity index (χ4n) is 1.76. The number of rotatable bonds is 1. The van der Waals surface area contributed by atoms with Crippen LogP contribution in [0.25, 0.3) is 4.85 Å². The summed E-state index contributed by atoms with van der Waals surface area (Å²) in [6.45, 7) is 10.7. The molecule has 2 saturated heterocycles. The molecule has 0 aromatic carbocycles. The molecule has 0 aromatic heterocycles. The van der Waals surface area contributed by atoms with Gasteiger partial charge in [0.2, 0.25) is 0 Å². The van der Waals surface area contributed by atoms with E-state index in [1.54, 1.807) is 4.90 Å². The van der Waals surface area contributed by atoms with Crippen LogP contribution in [0.5, 0.6) is 0 Å². The van der Waals surface area contributed by atoms with Crippen LogP contribution >= 0.6 is 0 Å². The predicted octanol–water partition coefficient (Wildman–Crippen LogP) is 0.898. The van der Waals surface area contributed by atoms with Gasteiger partial charge in [-0.15, -0.1) is 0 Å². The Bertz CT molecular complexity index is 217. The fraction of sp³-hybridized carbons (Fsp3) is 0.818. The van der Waals surface area contributed by atoms with E-state index >= 15 is 0 Å². The Hall–Kier alpha value is -1.08. The van der Waals surface area contributed by atoms with Crippen molar-refractivity contribution in [2.24, 2.45) is 0 Å². The van der Waals surface area contributed by atoms with Crippen LogP contribution in [0.4, 0.5) is 0 Å². The molecule has 4 heteroatoms. The van der Waals surface area contributed by atoms with Crippen molar-refractivity contribution in [3.8, 4) is 0 Å². The van der Waals surface area contributed by atoms with Gasteiger partial charge in [0.05, 0.1) is 0 Å². The standard InChI is InChI=1S/C7H10N2O.C4H9N/c1-8-6-7(10)9-4-2-3-5-9;1-2-4-5-3-1/h2-6H2;5H,1-4H2. The number of likely N-dealkylation sites (tertiary alicyclic amines) is 1. The maximum atomic E-state index is 11.0. The number of hydrogen-bond acceptors (Lipinski definition) is 2. The zero-order chi connectivity index (χ0) is 10.9. The molecule has 84 valence electrons. The molecule has 2 heterocycles. The molecule has 2 aliphatic heterocycles. The van der Waals surface area contributed by atoms with Crippen molar-refractivity contribution in [1.82, 2.24) is 10.2 Å². The van der Waals surface area contributed by atoms with E-state index in [1.807, 2.05) is 0 Å². The summed E-state index contributed by atoms with van der Waals surface area (Å²) < 4.78 is 0. The number of carbonyl (C=O) groups is 1. The Morgan fingerprint density at radius 2 is 1.80 bits per heavy atom. The molecule has 15 heavy (non-hydrogen) atoms. The van der Waals surface area contributed by atoms with Crippen LogP contribution in [-0.2, 0) is 4.79 Å². The zero-order valence-corrected chi connectivity index (χ0v) is 9.17. The molecule has 1 N–H and O–H groups in total. The highest BCUT2D eigenvalue weighted by molar-refractivity contribution is 5.79. The van der Waals surface area contributed by atoms with Crippen LogP contribution < -0.4 is 5.32 Å². The topological polar surface area (TPSA) is 36.7 Å². The lowest BCUT2D eigenvalue weighted by molar-refractivity contribution is -0.127. The van der Waals surface area contributed by atoms with Gasteiger partial charge in [-0.1, -0.05) is 0 Å². The molecule has 0 saturated carbocycles. The minimum absolute atomic E-state index is 0.00694. The Kier molecular flexibility index (Phi) is 5.79. The molecule has 0 aliphatic carbocycles. The van der Waals surface area contributed by atoms with E-state index in [9.17, 15) is 4.79 Å². The summed E-state index contributed by atoms with van der Waals surface area (Å²) in [5.74, 6) is -0.00694. The van der Waals surface area contributed by atoms with Crippen molar-refractivity contribution in [2.75, 3.05) is 32.7 Å². The molecule has 0 radical (unpaired) electrons. The molecule has 2 rings (SSSR count). The van der Waals surface area contributed by atoms with Crippen LogP contribution in [0.2, 0.25) is 0 Å². The quantitative estimate of drug-likeness (QED) is 0.651. The zero-order valence-electron chi connectivity index (χ0n) is 9.17. The van der Waals surface area contributed by atoms with Gasteiger partial charge in [-0.3, -0.25) is 4.79 Å². The molecule has 2 fully saturated rings. The Morgan fingerprint density at radius 1 is 1.20 bits per heavy atom. The Morgan fingerprint density at radius 3 is 2.20 bits per heavy atom. The fourth-order valence-corrected chi connectivity index (χ4v) is 1.76. The van der Waals surface area contributed by atoms with Crippen LogP contribution in [0.15, 0.2) is 0 Å². The lowest BCUT2D eigenvalue weighted by Crippen LogP contribution is -2.29. The highest BCUT2D eigenvalue weighted by atomic mass is 16.2. The molecule has 2 aliphatic rings. The summed E-state index contributed by atoms with van der Waals surface area (Å²) >= 11 is 0. The van der Waals surface area contributed by atoms with Crippen molar-refractivity contribution in [1.29, 1.82) is 0 Å². The smallest absolute Gasteiger partial charge is 0.302 e. The van der Waals surface area contributed by atoms with Gasteiger partial charge in [-0.25, -0.2) is 6.57 Å². The maximum Gasteiger partial charge on any atom is 0.302 e. The average Bonchev–Trinajstić information content (AvgIpc) is 2.95. The Balaban J connectivity index is 0.000000187. The third-order valence-corrected chi connectivity index (χ3v) is 2.63. The van der Waals surface area contributed by atoms with E-state index < -0.39 is 0 Å².